The molecule has 1 aromatic carbocycles. The van der Waals surface area contributed by atoms with Crippen molar-refractivity contribution in [2.75, 3.05) is 12.8 Å². The summed E-state index contributed by atoms with van der Waals surface area (Å²) < 4.78 is 36.9. The molecule has 23 heavy (non-hydrogen) atoms. The van der Waals surface area contributed by atoms with E-state index in [0.29, 0.717) is 12.1 Å². The molecule has 0 aliphatic heterocycles. The minimum Gasteiger partial charge on any atom is -0.389 e. The molecule has 2 N–H and O–H groups in total. The quantitative estimate of drug-likeness (QED) is 0.807. The summed E-state index contributed by atoms with van der Waals surface area (Å²) in [6.45, 7) is 2.35. The molecule has 1 fully saturated rings. The molecule has 0 bridgehead atoms. The first-order valence-electron chi connectivity index (χ1n) is 8.17. The van der Waals surface area contributed by atoms with E-state index in [2.05, 4.69) is 5.32 Å². The molecule has 0 radical (unpaired) electrons. The van der Waals surface area contributed by atoms with E-state index >= 15 is 0 Å². The topological polar surface area (TPSA) is 66.4 Å². The number of halogens is 1. The van der Waals surface area contributed by atoms with Crippen molar-refractivity contribution >= 4 is 9.84 Å². The molecule has 0 aromatic heterocycles. The van der Waals surface area contributed by atoms with Crippen LogP contribution in [0.4, 0.5) is 4.39 Å². The van der Waals surface area contributed by atoms with E-state index in [-0.39, 0.29) is 10.9 Å². The molecule has 0 heterocycles. The van der Waals surface area contributed by atoms with Crippen LogP contribution >= 0.6 is 0 Å². The van der Waals surface area contributed by atoms with Crippen molar-refractivity contribution in [3.8, 4) is 0 Å². The first-order chi connectivity index (χ1) is 10.7. The third-order valence-corrected chi connectivity index (χ3v) is 5.76. The van der Waals surface area contributed by atoms with Crippen LogP contribution in [0.2, 0.25) is 0 Å². The van der Waals surface area contributed by atoms with Crippen LogP contribution in [-0.2, 0) is 9.84 Å². The van der Waals surface area contributed by atoms with E-state index in [1.54, 1.807) is 6.07 Å². The third-order valence-electron chi connectivity index (χ3n) is 4.63. The first-order valence-corrected chi connectivity index (χ1v) is 10.1. The highest BCUT2D eigenvalue weighted by Gasteiger charge is 2.28. The van der Waals surface area contributed by atoms with Crippen LogP contribution in [0.3, 0.4) is 0 Å². The van der Waals surface area contributed by atoms with Gasteiger partial charge in [-0.25, -0.2) is 12.8 Å². The molecule has 1 aliphatic carbocycles. The largest absolute Gasteiger partial charge is 0.389 e. The van der Waals surface area contributed by atoms with Gasteiger partial charge in [-0.2, -0.15) is 0 Å². The number of hydrogen-bond donors (Lipinski definition) is 2. The minimum absolute atomic E-state index is 0.162. The predicted molar refractivity (Wildman–Crippen MR) is 88.6 cm³/mol. The summed E-state index contributed by atoms with van der Waals surface area (Å²) >= 11 is 0. The third kappa shape index (κ3) is 4.99. The minimum atomic E-state index is -3.55. The maximum absolute atomic E-state index is 14.0. The Balaban J connectivity index is 2.03. The molecule has 1 unspecified atom stereocenters. The van der Waals surface area contributed by atoms with E-state index in [4.69, 9.17) is 0 Å². The van der Waals surface area contributed by atoms with Gasteiger partial charge in [-0.1, -0.05) is 31.7 Å². The predicted octanol–water partition coefficient (Wildman–Crippen LogP) is 2.97. The van der Waals surface area contributed by atoms with Crippen molar-refractivity contribution in [3.63, 3.8) is 0 Å². The Bertz CT molecular complexity index is 637. The van der Waals surface area contributed by atoms with Crippen LogP contribution in [0.5, 0.6) is 0 Å². The molecule has 1 aliphatic rings. The second-order valence-corrected chi connectivity index (χ2v) is 8.69. The highest BCUT2D eigenvalue weighted by molar-refractivity contribution is 7.90. The molecule has 4 nitrogen and oxygen atoms in total. The van der Waals surface area contributed by atoms with Crippen LogP contribution in [0.1, 0.15) is 57.1 Å². The normalized spacial score (nSPS) is 20.0. The van der Waals surface area contributed by atoms with Gasteiger partial charge in [0.2, 0.25) is 0 Å². The molecule has 0 saturated heterocycles. The second-order valence-electron chi connectivity index (χ2n) is 6.70. The molecular formula is C17H26FNO3S. The number of rotatable bonds is 5. The monoisotopic (exact) mass is 343 g/mol. The van der Waals surface area contributed by atoms with Gasteiger partial charge >= 0.3 is 0 Å². The fourth-order valence-corrected chi connectivity index (χ4v) is 3.84. The Kier molecular flexibility index (Phi) is 5.81. The maximum atomic E-state index is 14.0. The smallest absolute Gasteiger partial charge is 0.178 e. The van der Waals surface area contributed by atoms with Crippen LogP contribution in [0.25, 0.3) is 0 Å². The van der Waals surface area contributed by atoms with Gasteiger partial charge < -0.3 is 10.4 Å². The number of aliphatic hydroxyl groups is 1. The van der Waals surface area contributed by atoms with Crippen molar-refractivity contribution in [1.29, 1.82) is 0 Å². The summed E-state index contributed by atoms with van der Waals surface area (Å²) in [6, 6.07) is 4.02. The molecule has 0 spiro atoms. The van der Waals surface area contributed by atoms with Crippen molar-refractivity contribution in [2.24, 2.45) is 0 Å². The molecule has 1 saturated carbocycles. The Morgan fingerprint density at radius 3 is 2.39 bits per heavy atom. The zero-order valence-electron chi connectivity index (χ0n) is 13.8. The summed E-state index contributed by atoms with van der Waals surface area (Å²) in [5.41, 5.74) is -0.0251. The van der Waals surface area contributed by atoms with Gasteiger partial charge in [0.15, 0.2) is 9.84 Å². The molecular weight excluding hydrogens is 317 g/mol. The molecule has 6 heteroatoms. The number of nitrogens with one attached hydrogen (secondary N) is 1. The van der Waals surface area contributed by atoms with E-state index in [9.17, 15) is 17.9 Å². The van der Waals surface area contributed by atoms with Crippen molar-refractivity contribution in [2.45, 2.75) is 62.0 Å². The van der Waals surface area contributed by atoms with Gasteiger partial charge in [0.05, 0.1) is 5.60 Å². The molecule has 1 atom stereocenters. The second kappa shape index (κ2) is 7.28. The summed E-state index contributed by atoms with van der Waals surface area (Å²) in [5, 5.41) is 13.9. The summed E-state index contributed by atoms with van der Waals surface area (Å²) in [4.78, 5) is -0.282. The van der Waals surface area contributed by atoms with E-state index < -0.39 is 21.3 Å². The van der Waals surface area contributed by atoms with Crippen LogP contribution < -0.4 is 5.32 Å². The Labute approximate surface area is 138 Å². The van der Waals surface area contributed by atoms with E-state index in [0.717, 1.165) is 44.8 Å². The van der Waals surface area contributed by atoms with Gasteiger partial charge in [0, 0.05) is 18.8 Å². The van der Waals surface area contributed by atoms with Crippen molar-refractivity contribution in [3.05, 3.63) is 29.6 Å². The fraction of sp³-hybridized carbons (Fsp3) is 0.647. The maximum Gasteiger partial charge on any atom is 0.178 e. The molecule has 0 amide bonds. The fourth-order valence-electron chi connectivity index (χ4n) is 3.11. The van der Waals surface area contributed by atoms with Gasteiger partial charge in [-0.15, -0.1) is 0 Å². The molecule has 1 aromatic rings. The first kappa shape index (κ1) is 18.4. The zero-order valence-corrected chi connectivity index (χ0v) is 14.6. The van der Waals surface area contributed by atoms with Crippen molar-refractivity contribution < 1.29 is 17.9 Å². The highest BCUT2D eigenvalue weighted by Crippen LogP contribution is 2.27. The van der Waals surface area contributed by atoms with Crippen LogP contribution in [0.15, 0.2) is 23.1 Å². The number of hydrogen-bond acceptors (Lipinski definition) is 4. The molecule has 2 rings (SSSR count). The van der Waals surface area contributed by atoms with Gasteiger partial charge in [-0.05, 0) is 37.5 Å². The van der Waals surface area contributed by atoms with Crippen molar-refractivity contribution in [1.82, 2.24) is 5.32 Å². The Morgan fingerprint density at radius 2 is 1.87 bits per heavy atom. The van der Waals surface area contributed by atoms with Crippen LogP contribution in [0, 0.1) is 5.82 Å². The van der Waals surface area contributed by atoms with E-state index in [1.807, 2.05) is 6.92 Å². The summed E-state index contributed by atoms with van der Waals surface area (Å²) in [5.74, 6) is -0.730. The Morgan fingerprint density at radius 1 is 1.26 bits per heavy atom. The lowest BCUT2D eigenvalue weighted by Crippen LogP contribution is -2.41. The standard InChI is InChI=1S/C17H26FNO3S/c1-13(19-12-17(20)9-5-3-4-6-10-17)14-7-8-16(15(18)11-14)23(2,21)22/h7-8,11,13,19-20H,3-6,9-10,12H2,1-2H3. The zero-order chi connectivity index (χ0) is 17.1. The average Bonchev–Trinajstić information content (AvgIpc) is 2.68. The average molecular weight is 343 g/mol. The van der Waals surface area contributed by atoms with Gasteiger partial charge in [0.1, 0.15) is 10.7 Å². The van der Waals surface area contributed by atoms with Gasteiger partial charge in [-0.3, -0.25) is 0 Å². The summed E-state index contributed by atoms with van der Waals surface area (Å²) in [6.07, 6.45) is 6.96. The van der Waals surface area contributed by atoms with Crippen LogP contribution in [-0.4, -0.2) is 31.9 Å². The lowest BCUT2D eigenvalue weighted by atomic mass is 9.94. The summed E-state index contributed by atoms with van der Waals surface area (Å²) in [7, 11) is -3.55. The van der Waals surface area contributed by atoms with E-state index in [1.165, 1.54) is 12.1 Å². The Hall–Kier alpha value is -0.980. The SMILES string of the molecule is CC(NCC1(O)CCCCCC1)c1ccc(S(C)(=O)=O)c(F)c1. The van der Waals surface area contributed by atoms with Gasteiger partial charge in [0.25, 0.3) is 0 Å². The molecule has 130 valence electrons. The number of benzene rings is 1. The lowest BCUT2D eigenvalue weighted by Gasteiger charge is -2.29. The highest BCUT2D eigenvalue weighted by atomic mass is 32.2. The lowest BCUT2D eigenvalue weighted by molar-refractivity contribution is 0.0231. The number of sulfone groups is 1.